The summed E-state index contributed by atoms with van der Waals surface area (Å²) in [5, 5.41) is 1.08. The molecule has 2 aromatic carbocycles. The van der Waals surface area contributed by atoms with E-state index in [-0.39, 0.29) is 17.8 Å². The van der Waals surface area contributed by atoms with Crippen molar-refractivity contribution < 1.29 is 13.9 Å². The Morgan fingerprint density at radius 1 is 1.08 bits per heavy atom. The molecule has 0 spiro atoms. The predicted octanol–water partition coefficient (Wildman–Crippen LogP) is 4.00. The number of hydrogen-bond donors (Lipinski definition) is 0. The minimum absolute atomic E-state index is 0.0528. The molecule has 1 aliphatic rings. The van der Waals surface area contributed by atoms with Crippen molar-refractivity contribution in [1.29, 1.82) is 0 Å². The van der Waals surface area contributed by atoms with Crippen LogP contribution in [0.2, 0.25) is 0 Å². The second-order valence-electron chi connectivity index (χ2n) is 6.71. The maximum absolute atomic E-state index is 13.0. The summed E-state index contributed by atoms with van der Waals surface area (Å²) in [5.74, 6) is 0.460. The van der Waals surface area contributed by atoms with Crippen molar-refractivity contribution >= 4 is 16.8 Å². The largest absolute Gasteiger partial charge is 0.490 e. The van der Waals surface area contributed by atoms with Crippen molar-refractivity contribution in [2.75, 3.05) is 13.1 Å². The Bertz CT molecular complexity index is 925. The van der Waals surface area contributed by atoms with Gasteiger partial charge in [0, 0.05) is 43.9 Å². The quantitative estimate of drug-likeness (QED) is 0.714. The lowest BCUT2D eigenvalue weighted by atomic mass is 10.1. The molecule has 0 radical (unpaired) electrons. The van der Waals surface area contributed by atoms with E-state index in [0.717, 1.165) is 23.7 Å². The number of para-hydroxylation sites is 1. The number of carbonyl (C=O) groups is 1. The van der Waals surface area contributed by atoms with Crippen LogP contribution in [-0.4, -0.2) is 34.6 Å². The summed E-state index contributed by atoms with van der Waals surface area (Å²) in [5.41, 5.74) is 1.77. The molecule has 3 aromatic rings. The Balaban J connectivity index is 1.41. The second kappa shape index (κ2) is 6.83. The number of fused-ring (bicyclic) bond motifs is 1. The minimum atomic E-state index is -0.271. The van der Waals surface area contributed by atoms with E-state index in [1.165, 1.54) is 12.1 Å². The van der Waals surface area contributed by atoms with Crippen LogP contribution in [0.25, 0.3) is 10.9 Å². The molecule has 2 heterocycles. The molecule has 4 nitrogen and oxygen atoms in total. The van der Waals surface area contributed by atoms with Gasteiger partial charge < -0.3 is 14.2 Å². The van der Waals surface area contributed by atoms with Gasteiger partial charge in [0.1, 0.15) is 23.4 Å². The first-order valence-electron chi connectivity index (χ1n) is 8.88. The maximum Gasteiger partial charge on any atom is 0.270 e. The monoisotopic (exact) mass is 352 g/mol. The summed E-state index contributed by atoms with van der Waals surface area (Å²) >= 11 is 0. The van der Waals surface area contributed by atoms with Crippen LogP contribution < -0.4 is 4.74 Å². The number of ether oxygens (including phenoxy) is 1. The van der Waals surface area contributed by atoms with Crippen molar-refractivity contribution in [1.82, 2.24) is 9.47 Å². The number of carbonyl (C=O) groups excluding carboxylic acids is 1. The number of aryl methyl sites for hydroxylation is 1. The number of rotatable bonds is 3. The van der Waals surface area contributed by atoms with Gasteiger partial charge in [-0.1, -0.05) is 18.2 Å². The fourth-order valence-electron chi connectivity index (χ4n) is 3.54. The van der Waals surface area contributed by atoms with Gasteiger partial charge in [-0.05, 0) is 36.4 Å². The zero-order valence-electron chi connectivity index (χ0n) is 14.7. The standard InChI is InChI=1S/C21H21FN2O2/c1-23-19-5-3-2-4-15(19)14-20(23)21(25)24-12-10-18(11-13-24)26-17-8-6-16(22)7-9-17/h2-9,14,18H,10-13H2,1H3. The molecule has 0 saturated carbocycles. The van der Waals surface area contributed by atoms with Crippen LogP contribution in [0.1, 0.15) is 23.3 Å². The zero-order valence-corrected chi connectivity index (χ0v) is 14.7. The van der Waals surface area contributed by atoms with Gasteiger partial charge in [0.05, 0.1) is 0 Å². The molecule has 4 rings (SSSR count). The van der Waals surface area contributed by atoms with E-state index in [1.54, 1.807) is 12.1 Å². The SMILES string of the molecule is Cn1c(C(=O)N2CCC(Oc3ccc(F)cc3)CC2)cc2ccccc21. The highest BCUT2D eigenvalue weighted by molar-refractivity contribution is 5.98. The summed E-state index contributed by atoms with van der Waals surface area (Å²) in [6, 6.07) is 16.0. The number of nitrogens with zero attached hydrogens (tertiary/aromatic N) is 2. The van der Waals surface area contributed by atoms with Gasteiger partial charge in [0.25, 0.3) is 5.91 Å². The minimum Gasteiger partial charge on any atom is -0.490 e. The van der Waals surface area contributed by atoms with Crippen molar-refractivity contribution in [2.24, 2.45) is 7.05 Å². The number of likely N-dealkylation sites (tertiary alicyclic amines) is 1. The number of aromatic nitrogens is 1. The van der Waals surface area contributed by atoms with Crippen molar-refractivity contribution in [3.05, 3.63) is 66.1 Å². The maximum atomic E-state index is 13.0. The highest BCUT2D eigenvalue weighted by Gasteiger charge is 2.26. The molecule has 0 bridgehead atoms. The number of amides is 1. The van der Waals surface area contributed by atoms with Gasteiger partial charge in [-0.3, -0.25) is 4.79 Å². The number of halogens is 1. The van der Waals surface area contributed by atoms with Crippen LogP contribution >= 0.6 is 0 Å². The molecule has 0 atom stereocenters. The summed E-state index contributed by atoms with van der Waals surface area (Å²) in [7, 11) is 1.93. The molecule has 0 N–H and O–H groups in total. The first-order valence-corrected chi connectivity index (χ1v) is 8.88. The molecule has 1 aliphatic heterocycles. The molecule has 1 saturated heterocycles. The van der Waals surface area contributed by atoms with Crippen LogP contribution in [0.5, 0.6) is 5.75 Å². The van der Waals surface area contributed by atoms with Crippen LogP contribution in [0, 0.1) is 5.82 Å². The molecular formula is C21H21FN2O2. The van der Waals surface area contributed by atoms with Gasteiger partial charge in [-0.2, -0.15) is 0 Å². The van der Waals surface area contributed by atoms with Crippen molar-refractivity contribution in [3.63, 3.8) is 0 Å². The Morgan fingerprint density at radius 2 is 1.77 bits per heavy atom. The Morgan fingerprint density at radius 3 is 2.46 bits per heavy atom. The normalized spacial score (nSPS) is 15.4. The van der Waals surface area contributed by atoms with E-state index < -0.39 is 0 Å². The molecule has 134 valence electrons. The third-order valence-electron chi connectivity index (χ3n) is 5.02. The summed E-state index contributed by atoms with van der Waals surface area (Å²) < 4.78 is 20.8. The molecule has 5 heteroatoms. The van der Waals surface area contributed by atoms with E-state index in [1.807, 2.05) is 46.8 Å². The summed E-state index contributed by atoms with van der Waals surface area (Å²) in [4.78, 5) is 14.8. The van der Waals surface area contributed by atoms with Crippen LogP contribution in [0.4, 0.5) is 4.39 Å². The molecule has 1 amide bonds. The Hall–Kier alpha value is -2.82. The topological polar surface area (TPSA) is 34.5 Å². The molecular weight excluding hydrogens is 331 g/mol. The lowest BCUT2D eigenvalue weighted by Gasteiger charge is -2.32. The van der Waals surface area contributed by atoms with Gasteiger partial charge in [0.15, 0.2) is 0 Å². The van der Waals surface area contributed by atoms with Crippen LogP contribution in [-0.2, 0) is 7.05 Å². The fourth-order valence-corrected chi connectivity index (χ4v) is 3.54. The van der Waals surface area contributed by atoms with E-state index in [2.05, 4.69) is 0 Å². The first-order chi connectivity index (χ1) is 12.6. The number of benzene rings is 2. The Labute approximate surface area is 151 Å². The van der Waals surface area contributed by atoms with Crippen LogP contribution in [0.3, 0.4) is 0 Å². The third kappa shape index (κ3) is 3.17. The van der Waals surface area contributed by atoms with Crippen molar-refractivity contribution in [3.8, 4) is 5.75 Å². The Kier molecular flexibility index (Phi) is 4.37. The fraction of sp³-hybridized carbons (Fsp3) is 0.286. The van der Waals surface area contributed by atoms with E-state index in [4.69, 9.17) is 4.74 Å². The highest BCUT2D eigenvalue weighted by atomic mass is 19.1. The molecule has 0 unspecified atom stereocenters. The summed E-state index contributed by atoms with van der Waals surface area (Å²) in [6.45, 7) is 1.32. The number of hydrogen-bond acceptors (Lipinski definition) is 2. The van der Waals surface area contributed by atoms with E-state index in [9.17, 15) is 9.18 Å². The van der Waals surface area contributed by atoms with E-state index >= 15 is 0 Å². The van der Waals surface area contributed by atoms with Gasteiger partial charge >= 0.3 is 0 Å². The average molecular weight is 352 g/mol. The number of piperidine rings is 1. The molecule has 26 heavy (non-hydrogen) atoms. The van der Waals surface area contributed by atoms with Gasteiger partial charge in [-0.25, -0.2) is 4.39 Å². The summed E-state index contributed by atoms with van der Waals surface area (Å²) in [6.07, 6.45) is 1.59. The molecule has 1 fully saturated rings. The average Bonchev–Trinajstić information content (AvgIpc) is 3.01. The second-order valence-corrected chi connectivity index (χ2v) is 6.71. The third-order valence-corrected chi connectivity index (χ3v) is 5.02. The highest BCUT2D eigenvalue weighted by Crippen LogP contribution is 2.23. The predicted molar refractivity (Wildman–Crippen MR) is 98.9 cm³/mol. The molecule has 1 aromatic heterocycles. The lowest BCUT2D eigenvalue weighted by molar-refractivity contribution is 0.0587. The van der Waals surface area contributed by atoms with Crippen LogP contribution in [0.15, 0.2) is 54.6 Å². The lowest BCUT2D eigenvalue weighted by Crippen LogP contribution is -2.42. The zero-order chi connectivity index (χ0) is 18.1. The van der Waals surface area contributed by atoms with E-state index in [0.29, 0.717) is 24.5 Å². The van der Waals surface area contributed by atoms with Crippen molar-refractivity contribution in [2.45, 2.75) is 18.9 Å². The smallest absolute Gasteiger partial charge is 0.270 e. The first kappa shape index (κ1) is 16.6. The van der Waals surface area contributed by atoms with Gasteiger partial charge in [0.2, 0.25) is 0 Å². The molecule has 0 aliphatic carbocycles. The van der Waals surface area contributed by atoms with Gasteiger partial charge in [-0.15, -0.1) is 0 Å².